The molecule has 2 aromatic rings. The van der Waals surface area contributed by atoms with Crippen LogP contribution < -0.4 is 19.5 Å². The van der Waals surface area contributed by atoms with Gasteiger partial charge >= 0.3 is 12.6 Å². The van der Waals surface area contributed by atoms with Crippen molar-refractivity contribution >= 4 is 11.9 Å². The summed E-state index contributed by atoms with van der Waals surface area (Å²) in [6.07, 6.45) is 1.25. The summed E-state index contributed by atoms with van der Waals surface area (Å²) in [5, 5.41) is 13.0. The molecule has 1 aliphatic heterocycles. The van der Waals surface area contributed by atoms with Crippen LogP contribution in [0.4, 0.5) is 13.6 Å². The van der Waals surface area contributed by atoms with E-state index in [0.29, 0.717) is 23.5 Å². The predicted molar refractivity (Wildman–Crippen MR) is 119 cm³/mol. The lowest BCUT2D eigenvalue weighted by Gasteiger charge is -2.23. The van der Waals surface area contributed by atoms with Gasteiger partial charge in [-0.05, 0) is 48.7 Å². The first-order valence-electron chi connectivity index (χ1n) is 10.5. The van der Waals surface area contributed by atoms with Crippen molar-refractivity contribution in [1.29, 1.82) is 0 Å². The molecule has 0 saturated carbocycles. The van der Waals surface area contributed by atoms with Gasteiger partial charge in [-0.3, -0.25) is 9.69 Å². The quantitative estimate of drug-likeness (QED) is 0.382. The minimum atomic E-state index is -2.97. The van der Waals surface area contributed by atoms with Crippen molar-refractivity contribution in [2.45, 2.75) is 31.6 Å². The van der Waals surface area contributed by atoms with Crippen LogP contribution in [0.5, 0.6) is 17.2 Å². The van der Waals surface area contributed by atoms with Gasteiger partial charge in [0.05, 0.1) is 13.7 Å². The average Bonchev–Trinajstić information content (AvgIpc) is 3.02. The van der Waals surface area contributed by atoms with Crippen molar-refractivity contribution in [3.8, 4) is 17.2 Å². The number of aliphatic hydroxyl groups excluding tert-OH is 1. The van der Waals surface area contributed by atoms with Crippen LogP contribution in [-0.4, -0.2) is 54.9 Å². The number of halogens is 2. The Morgan fingerprint density at radius 1 is 1.18 bits per heavy atom. The lowest BCUT2D eigenvalue weighted by molar-refractivity contribution is -0.132. The molecule has 1 fully saturated rings. The van der Waals surface area contributed by atoms with Crippen molar-refractivity contribution in [3.05, 3.63) is 66.2 Å². The molecule has 10 heteroatoms. The zero-order valence-electron chi connectivity index (χ0n) is 18.8. The molecule has 1 aliphatic rings. The normalized spacial score (nSPS) is 18.6. The summed E-state index contributed by atoms with van der Waals surface area (Å²) >= 11 is 0. The Morgan fingerprint density at radius 2 is 1.88 bits per heavy atom. The van der Waals surface area contributed by atoms with Crippen molar-refractivity contribution in [2.75, 3.05) is 20.3 Å². The van der Waals surface area contributed by atoms with Crippen LogP contribution in [0.3, 0.4) is 0 Å². The van der Waals surface area contributed by atoms with Crippen LogP contribution >= 0.6 is 0 Å². The Morgan fingerprint density at radius 3 is 2.50 bits per heavy atom. The van der Waals surface area contributed by atoms with Gasteiger partial charge in [-0.15, -0.1) is 6.58 Å². The lowest BCUT2D eigenvalue weighted by Crippen LogP contribution is -2.42. The maximum atomic E-state index is 13.0. The molecule has 2 atom stereocenters. The minimum Gasteiger partial charge on any atom is -0.493 e. The number of hydrogen-bond acceptors (Lipinski definition) is 6. The van der Waals surface area contributed by atoms with Crippen molar-refractivity contribution < 1.29 is 37.7 Å². The second-order valence-electron chi connectivity index (χ2n) is 7.82. The fourth-order valence-electron chi connectivity index (χ4n) is 3.60. The SMILES string of the molecule is C=CCc1ccc(OC[C@H](O)CN2C(=O)N[C@@](C)(c3ccc(OC(F)F)cc3)C2=O)c(OC)c1. The number of hydrogen-bond donors (Lipinski definition) is 2. The van der Waals surface area contributed by atoms with Gasteiger partial charge in [0.15, 0.2) is 11.5 Å². The van der Waals surface area contributed by atoms with E-state index in [0.717, 1.165) is 10.5 Å². The third kappa shape index (κ3) is 5.45. The summed E-state index contributed by atoms with van der Waals surface area (Å²) < 4.78 is 40.0. The number of aliphatic hydroxyl groups is 1. The summed E-state index contributed by atoms with van der Waals surface area (Å²) in [6.45, 7) is 1.72. The molecule has 1 heterocycles. The molecule has 0 radical (unpaired) electrons. The monoisotopic (exact) mass is 476 g/mol. The molecule has 34 heavy (non-hydrogen) atoms. The van der Waals surface area contributed by atoms with Crippen molar-refractivity contribution in [2.24, 2.45) is 0 Å². The molecule has 0 aromatic heterocycles. The Kier molecular flexibility index (Phi) is 7.72. The number of imide groups is 1. The molecule has 182 valence electrons. The van der Waals surface area contributed by atoms with Crippen LogP contribution in [0.2, 0.25) is 0 Å². The second-order valence-corrected chi connectivity index (χ2v) is 7.82. The average molecular weight is 476 g/mol. The van der Waals surface area contributed by atoms with E-state index in [9.17, 15) is 23.5 Å². The van der Waals surface area contributed by atoms with Gasteiger partial charge < -0.3 is 24.6 Å². The Bertz CT molecular complexity index is 1050. The summed E-state index contributed by atoms with van der Waals surface area (Å²) in [4.78, 5) is 26.4. The molecule has 1 saturated heterocycles. The highest BCUT2D eigenvalue weighted by atomic mass is 19.3. The number of benzene rings is 2. The van der Waals surface area contributed by atoms with Gasteiger partial charge in [0, 0.05) is 0 Å². The van der Waals surface area contributed by atoms with Gasteiger partial charge in [-0.2, -0.15) is 8.78 Å². The molecule has 0 bridgehead atoms. The largest absolute Gasteiger partial charge is 0.493 e. The number of rotatable bonds is 11. The molecular formula is C24H26F2N2O6. The fourth-order valence-corrected chi connectivity index (χ4v) is 3.60. The number of methoxy groups -OCH3 is 1. The summed E-state index contributed by atoms with van der Waals surface area (Å²) in [5.41, 5.74) is -0.0668. The van der Waals surface area contributed by atoms with E-state index >= 15 is 0 Å². The molecule has 0 unspecified atom stereocenters. The zero-order valence-corrected chi connectivity index (χ0v) is 18.8. The number of β-amino-alcohol motifs (C(OH)–C–C–N with tert-alkyl or cyclic N) is 1. The van der Waals surface area contributed by atoms with E-state index in [-0.39, 0.29) is 18.9 Å². The maximum absolute atomic E-state index is 13.0. The summed E-state index contributed by atoms with van der Waals surface area (Å²) in [5.74, 6) is 0.220. The third-order valence-corrected chi connectivity index (χ3v) is 5.36. The highest BCUT2D eigenvalue weighted by Crippen LogP contribution is 2.31. The number of nitrogens with zero attached hydrogens (tertiary/aromatic N) is 1. The highest BCUT2D eigenvalue weighted by Gasteiger charge is 2.49. The van der Waals surface area contributed by atoms with Crippen LogP contribution in [0.25, 0.3) is 0 Å². The van der Waals surface area contributed by atoms with Gasteiger partial charge in [0.1, 0.15) is 24.0 Å². The first kappa shape index (κ1) is 25.0. The minimum absolute atomic E-state index is 0.0727. The van der Waals surface area contributed by atoms with Crippen LogP contribution in [0.15, 0.2) is 55.1 Å². The van der Waals surface area contributed by atoms with E-state index in [4.69, 9.17) is 9.47 Å². The van der Waals surface area contributed by atoms with Gasteiger partial charge in [0.2, 0.25) is 0 Å². The fraction of sp³-hybridized carbons (Fsp3) is 0.333. The summed E-state index contributed by atoms with van der Waals surface area (Å²) in [7, 11) is 1.50. The predicted octanol–water partition coefficient (Wildman–Crippen LogP) is 3.23. The van der Waals surface area contributed by atoms with E-state index in [1.54, 1.807) is 18.2 Å². The van der Waals surface area contributed by atoms with Crippen molar-refractivity contribution in [3.63, 3.8) is 0 Å². The first-order chi connectivity index (χ1) is 16.2. The number of alkyl halides is 2. The maximum Gasteiger partial charge on any atom is 0.387 e. The number of ether oxygens (including phenoxy) is 3. The molecule has 3 rings (SSSR count). The second kappa shape index (κ2) is 10.5. The van der Waals surface area contributed by atoms with Crippen LogP contribution in [-0.2, 0) is 16.8 Å². The lowest BCUT2D eigenvalue weighted by atomic mass is 9.92. The number of nitrogens with one attached hydrogen (secondary N) is 1. The molecule has 0 aliphatic carbocycles. The zero-order chi connectivity index (χ0) is 24.9. The van der Waals surface area contributed by atoms with E-state index in [1.807, 2.05) is 6.07 Å². The third-order valence-electron chi connectivity index (χ3n) is 5.36. The molecule has 8 nitrogen and oxygen atoms in total. The summed E-state index contributed by atoms with van der Waals surface area (Å²) in [6, 6.07) is 10.1. The van der Waals surface area contributed by atoms with E-state index in [1.165, 1.54) is 38.3 Å². The van der Waals surface area contributed by atoms with Gasteiger partial charge in [0.25, 0.3) is 5.91 Å². The highest BCUT2D eigenvalue weighted by molar-refractivity contribution is 6.07. The molecule has 2 aromatic carbocycles. The Hall–Kier alpha value is -3.66. The molecular weight excluding hydrogens is 450 g/mol. The Labute approximate surface area is 195 Å². The van der Waals surface area contributed by atoms with Crippen LogP contribution in [0.1, 0.15) is 18.1 Å². The molecule has 3 amide bonds. The van der Waals surface area contributed by atoms with E-state index < -0.39 is 30.2 Å². The first-order valence-corrected chi connectivity index (χ1v) is 10.5. The van der Waals surface area contributed by atoms with Crippen molar-refractivity contribution in [1.82, 2.24) is 10.2 Å². The smallest absolute Gasteiger partial charge is 0.387 e. The van der Waals surface area contributed by atoms with Gasteiger partial charge in [-0.1, -0.05) is 24.3 Å². The Balaban J connectivity index is 1.64. The topological polar surface area (TPSA) is 97.3 Å². The molecule has 0 spiro atoms. The number of amides is 3. The number of carbonyl (C=O) groups excluding carboxylic acids is 2. The number of allylic oxidation sites excluding steroid dienone is 1. The number of carbonyl (C=O) groups is 2. The van der Waals surface area contributed by atoms with Gasteiger partial charge in [-0.25, -0.2) is 4.79 Å². The van der Waals surface area contributed by atoms with E-state index in [2.05, 4.69) is 16.6 Å². The number of urea groups is 1. The standard InChI is InChI=1S/C24H26F2N2O6/c1-4-5-15-6-11-19(20(12-15)32-3)33-14-17(29)13-28-21(30)24(2,27-23(28)31)16-7-9-18(10-8-16)34-22(25)26/h4,6-12,17,22,29H,1,5,13-14H2,2-3H3,(H,27,31)/t17-,24+/m1/s1. The molecule has 2 N–H and O–H groups in total. The van der Waals surface area contributed by atoms with Crippen LogP contribution in [0, 0.1) is 0 Å².